The molecule has 2 aromatic carbocycles. The van der Waals surface area contributed by atoms with Crippen LogP contribution in [0.4, 0.5) is 0 Å². The highest BCUT2D eigenvalue weighted by Gasteiger charge is 2.07. The van der Waals surface area contributed by atoms with E-state index < -0.39 is 5.91 Å². The summed E-state index contributed by atoms with van der Waals surface area (Å²) in [5, 5.41) is 3.34. The van der Waals surface area contributed by atoms with Crippen LogP contribution in [0.2, 0.25) is 0 Å². The number of amides is 1. The van der Waals surface area contributed by atoms with Gasteiger partial charge in [-0.1, -0.05) is 24.3 Å². The summed E-state index contributed by atoms with van der Waals surface area (Å²) in [6.07, 6.45) is 0.807. The number of methoxy groups -OCH3 is 1. The van der Waals surface area contributed by atoms with E-state index in [1.54, 1.807) is 7.11 Å². The maximum Gasteiger partial charge on any atom is 0.255 e. The minimum atomic E-state index is -0.488. The molecule has 0 aliphatic carbocycles. The number of nitrogens with zero attached hydrogens (tertiary/aromatic N) is 2. The van der Waals surface area contributed by atoms with Crippen LogP contribution >= 0.6 is 24.0 Å². The topological polar surface area (TPSA) is 89.2 Å². The second-order valence-electron chi connectivity index (χ2n) is 6.59. The summed E-state index contributed by atoms with van der Waals surface area (Å²) in [6, 6.07) is 15.7. The van der Waals surface area contributed by atoms with Gasteiger partial charge in [0.25, 0.3) is 5.91 Å². The molecule has 8 heteroatoms. The maximum atomic E-state index is 10.8. The third-order valence-electron chi connectivity index (χ3n) is 4.24. The van der Waals surface area contributed by atoms with Crippen LogP contribution in [-0.2, 0) is 17.8 Å². The fourth-order valence-electron chi connectivity index (χ4n) is 2.75. The van der Waals surface area contributed by atoms with Crippen LogP contribution in [0.3, 0.4) is 0 Å². The standard InChI is InChI=1S/C22H30N4O3.HI/c1-4-24-22(26(2)15-18-7-9-19(28-3)10-8-18)25-14-13-17-5-11-20(12-6-17)29-16-21(23)27;/h5-12H,4,13-16H2,1-3H3,(H2,23,27)(H,24,25);1H. The Hall–Kier alpha value is -2.49. The first kappa shape index (κ1) is 25.5. The smallest absolute Gasteiger partial charge is 0.255 e. The summed E-state index contributed by atoms with van der Waals surface area (Å²) >= 11 is 0. The normalized spacial score (nSPS) is 10.7. The van der Waals surface area contributed by atoms with Gasteiger partial charge in [0.1, 0.15) is 11.5 Å². The number of primary amides is 1. The molecule has 2 rings (SSSR count). The third kappa shape index (κ3) is 8.89. The first-order valence-corrected chi connectivity index (χ1v) is 9.64. The number of nitrogens with one attached hydrogen (secondary N) is 1. The van der Waals surface area contributed by atoms with Crippen molar-refractivity contribution in [3.05, 3.63) is 59.7 Å². The molecule has 0 radical (unpaired) electrons. The van der Waals surface area contributed by atoms with E-state index in [0.717, 1.165) is 36.8 Å². The van der Waals surface area contributed by atoms with Crippen LogP contribution in [0, 0.1) is 0 Å². The predicted molar refractivity (Wildman–Crippen MR) is 131 cm³/mol. The van der Waals surface area contributed by atoms with Crippen LogP contribution in [0.25, 0.3) is 0 Å². The van der Waals surface area contributed by atoms with Gasteiger partial charge in [0, 0.05) is 26.7 Å². The van der Waals surface area contributed by atoms with Gasteiger partial charge in [-0.25, -0.2) is 0 Å². The number of guanidine groups is 1. The van der Waals surface area contributed by atoms with E-state index in [1.807, 2.05) is 43.4 Å². The zero-order valence-electron chi connectivity index (χ0n) is 17.8. The van der Waals surface area contributed by atoms with Crippen LogP contribution in [0.15, 0.2) is 53.5 Å². The molecule has 0 bridgehead atoms. The van der Waals surface area contributed by atoms with Crippen molar-refractivity contribution in [3.63, 3.8) is 0 Å². The fraction of sp³-hybridized carbons (Fsp3) is 0.364. The van der Waals surface area contributed by atoms with Crippen molar-refractivity contribution in [2.75, 3.05) is 33.9 Å². The van der Waals surface area contributed by atoms with Crippen molar-refractivity contribution in [1.82, 2.24) is 10.2 Å². The number of carbonyl (C=O) groups excluding carboxylic acids is 1. The Labute approximate surface area is 195 Å². The van der Waals surface area contributed by atoms with E-state index in [0.29, 0.717) is 12.3 Å². The van der Waals surface area contributed by atoms with Gasteiger partial charge in [0.15, 0.2) is 12.6 Å². The Morgan fingerprint density at radius 2 is 1.67 bits per heavy atom. The molecule has 164 valence electrons. The second-order valence-corrected chi connectivity index (χ2v) is 6.59. The summed E-state index contributed by atoms with van der Waals surface area (Å²) in [5.41, 5.74) is 7.41. The largest absolute Gasteiger partial charge is 0.497 e. The van der Waals surface area contributed by atoms with Crippen LogP contribution in [0.5, 0.6) is 11.5 Å². The van der Waals surface area contributed by atoms with Crippen molar-refractivity contribution in [2.24, 2.45) is 10.7 Å². The number of hydrogen-bond acceptors (Lipinski definition) is 4. The summed E-state index contributed by atoms with van der Waals surface area (Å²) in [7, 11) is 3.69. The predicted octanol–water partition coefficient (Wildman–Crippen LogP) is 2.82. The molecule has 0 aromatic heterocycles. The number of ether oxygens (including phenoxy) is 2. The number of carbonyl (C=O) groups is 1. The van der Waals surface area contributed by atoms with Crippen LogP contribution < -0.4 is 20.5 Å². The summed E-state index contributed by atoms with van der Waals surface area (Å²) in [4.78, 5) is 17.6. The molecular weight excluding hydrogens is 495 g/mol. The quantitative estimate of drug-likeness (QED) is 0.283. The zero-order chi connectivity index (χ0) is 21.1. The average molecular weight is 526 g/mol. The van der Waals surface area contributed by atoms with Crippen molar-refractivity contribution in [2.45, 2.75) is 19.9 Å². The maximum absolute atomic E-state index is 10.8. The molecule has 0 heterocycles. The van der Waals surface area contributed by atoms with Crippen LogP contribution in [0.1, 0.15) is 18.1 Å². The van der Waals surface area contributed by atoms with Gasteiger partial charge in [-0.15, -0.1) is 24.0 Å². The van der Waals surface area contributed by atoms with Gasteiger partial charge < -0.3 is 25.4 Å². The first-order valence-electron chi connectivity index (χ1n) is 9.64. The number of nitrogens with two attached hydrogens (primary N) is 1. The minimum Gasteiger partial charge on any atom is -0.497 e. The Morgan fingerprint density at radius 1 is 1.07 bits per heavy atom. The minimum absolute atomic E-state index is 0. The molecule has 0 fully saturated rings. The van der Waals surface area contributed by atoms with Crippen molar-refractivity contribution in [1.29, 1.82) is 0 Å². The number of benzene rings is 2. The number of halogens is 1. The van der Waals surface area contributed by atoms with Crippen molar-refractivity contribution in [3.8, 4) is 11.5 Å². The first-order chi connectivity index (χ1) is 14.0. The highest BCUT2D eigenvalue weighted by Crippen LogP contribution is 2.14. The number of aliphatic imine (C=N–C) groups is 1. The number of hydrogen-bond donors (Lipinski definition) is 2. The van der Waals surface area contributed by atoms with Gasteiger partial charge >= 0.3 is 0 Å². The summed E-state index contributed by atoms with van der Waals surface area (Å²) in [6.45, 7) is 4.16. The van der Waals surface area contributed by atoms with Gasteiger partial charge in [-0.3, -0.25) is 9.79 Å². The molecule has 3 N–H and O–H groups in total. The molecule has 30 heavy (non-hydrogen) atoms. The average Bonchev–Trinajstić information content (AvgIpc) is 2.73. The molecule has 0 unspecified atom stereocenters. The zero-order valence-corrected chi connectivity index (χ0v) is 20.1. The van der Waals surface area contributed by atoms with Gasteiger partial charge in [-0.05, 0) is 48.7 Å². The molecule has 0 saturated heterocycles. The fourth-order valence-corrected chi connectivity index (χ4v) is 2.75. The van der Waals surface area contributed by atoms with E-state index in [4.69, 9.17) is 20.2 Å². The monoisotopic (exact) mass is 526 g/mol. The summed E-state index contributed by atoms with van der Waals surface area (Å²) in [5.74, 6) is 1.86. The highest BCUT2D eigenvalue weighted by molar-refractivity contribution is 14.0. The van der Waals surface area contributed by atoms with E-state index in [1.165, 1.54) is 5.56 Å². The number of rotatable bonds is 10. The molecule has 0 aliphatic rings. The lowest BCUT2D eigenvalue weighted by Gasteiger charge is -2.22. The van der Waals surface area contributed by atoms with E-state index in [2.05, 4.69) is 29.3 Å². The van der Waals surface area contributed by atoms with E-state index in [9.17, 15) is 4.79 Å². The Bertz CT molecular complexity index is 795. The lowest BCUT2D eigenvalue weighted by atomic mass is 10.1. The Kier molecular flexibility index (Phi) is 11.7. The Balaban J connectivity index is 0.00000450. The molecule has 0 aliphatic heterocycles. The second kappa shape index (κ2) is 13.7. The SMILES string of the molecule is CCNC(=NCCc1ccc(OCC(N)=O)cc1)N(C)Cc1ccc(OC)cc1.I. The highest BCUT2D eigenvalue weighted by atomic mass is 127. The molecule has 2 aromatic rings. The summed E-state index contributed by atoms with van der Waals surface area (Å²) < 4.78 is 10.5. The molecule has 0 spiro atoms. The van der Waals surface area contributed by atoms with E-state index >= 15 is 0 Å². The third-order valence-corrected chi connectivity index (χ3v) is 4.24. The molecular formula is C22H31IN4O3. The molecule has 0 atom stereocenters. The lowest BCUT2D eigenvalue weighted by molar-refractivity contribution is -0.119. The van der Waals surface area contributed by atoms with Crippen LogP contribution in [-0.4, -0.2) is 50.6 Å². The molecule has 1 amide bonds. The lowest BCUT2D eigenvalue weighted by Crippen LogP contribution is -2.38. The molecule has 0 saturated carbocycles. The van der Waals surface area contributed by atoms with Crippen molar-refractivity contribution < 1.29 is 14.3 Å². The van der Waals surface area contributed by atoms with Gasteiger partial charge in [-0.2, -0.15) is 0 Å². The Morgan fingerprint density at radius 3 is 2.23 bits per heavy atom. The van der Waals surface area contributed by atoms with Gasteiger partial charge in [0.2, 0.25) is 0 Å². The van der Waals surface area contributed by atoms with Gasteiger partial charge in [0.05, 0.1) is 7.11 Å². The van der Waals surface area contributed by atoms with E-state index in [-0.39, 0.29) is 30.6 Å². The van der Waals surface area contributed by atoms with Crippen molar-refractivity contribution >= 4 is 35.8 Å². The molecule has 7 nitrogen and oxygen atoms in total.